The summed E-state index contributed by atoms with van der Waals surface area (Å²) >= 11 is 0. The summed E-state index contributed by atoms with van der Waals surface area (Å²) in [5, 5.41) is 7.58. The van der Waals surface area contributed by atoms with E-state index >= 15 is 0 Å². The summed E-state index contributed by atoms with van der Waals surface area (Å²) < 4.78 is 0. The fourth-order valence-electron chi connectivity index (χ4n) is 0.0408. The average Bonchev–Trinajstić information content (AvgIpc) is 1.41. The van der Waals surface area contributed by atoms with E-state index in [1.807, 2.05) is 0 Å². The second kappa shape index (κ2) is 3.16. The van der Waals surface area contributed by atoms with E-state index in [1.165, 1.54) is 12.4 Å². The van der Waals surface area contributed by atoms with E-state index in [9.17, 15) is 0 Å². The van der Waals surface area contributed by atoms with E-state index in [0.29, 0.717) is 0 Å². The first-order valence-electron chi connectivity index (χ1n) is 1.11. The van der Waals surface area contributed by atoms with Crippen LogP contribution in [0.4, 0.5) is 0 Å². The predicted molar refractivity (Wildman–Crippen MR) is 19.5 cm³/mol. The Hall–Kier alpha value is -0.840. The first-order chi connectivity index (χ1) is 2.41. The molecule has 0 atom stereocenters. The lowest BCUT2D eigenvalue weighted by Gasteiger charge is -1.49. The van der Waals surface area contributed by atoms with Gasteiger partial charge in [0.05, 0.1) is 0 Å². The van der Waals surface area contributed by atoms with E-state index in [0.717, 1.165) is 0 Å². The van der Waals surface area contributed by atoms with Gasteiger partial charge in [-0.2, -0.15) is 10.3 Å². The van der Waals surface area contributed by atoms with Gasteiger partial charge in [0.25, 0.3) is 0 Å². The summed E-state index contributed by atoms with van der Waals surface area (Å²) in [4.78, 5) is 3.04. The van der Waals surface area contributed by atoms with Crippen LogP contribution in [-0.2, 0) is 0 Å². The molecular weight excluding hydrogens is 64.0 g/mol. The van der Waals surface area contributed by atoms with Crippen LogP contribution in [0.5, 0.6) is 0 Å². The molecule has 2 heteroatoms. The molecule has 0 saturated carbocycles. The van der Waals surface area contributed by atoms with Crippen LogP contribution >= 0.6 is 0 Å². The Morgan fingerprint density at radius 1 is 2.00 bits per heavy atom. The third-order valence-corrected chi connectivity index (χ3v) is 0.149. The molecule has 0 aliphatic rings. The highest BCUT2D eigenvalue weighted by atomic mass is 14.7. The number of nitrogens with zero attached hydrogens (tertiary/aromatic N) is 2. The van der Waals surface area contributed by atoms with E-state index in [2.05, 4.69) is 11.9 Å². The molecule has 1 radical (unpaired) electrons. The van der Waals surface area contributed by atoms with Crippen molar-refractivity contribution in [3.8, 4) is 6.19 Å². The molecule has 0 amide bonds. The zero-order valence-corrected chi connectivity index (χ0v) is 2.68. The van der Waals surface area contributed by atoms with Crippen molar-refractivity contribution >= 4 is 6.21 Å². The van der Waals surface area contributed by atoms with Gasteiger partial charge in [0.15, 0.2) is 0 Å². The molecule has 0 bridgehead atoms. The molecule has 5 heavy (non-hydrogen) atoms. The maximum atomic E-state index is 7.58. The number of aliphatic imine (C=N–C) groups is 1. The number of hydrogen-bond donors (Lipinski definition) is 0. The maximum absolute atomic E-state index is 7.58. The van der Waals surface area contributed by atoms with Crippen LogP contribution in [0.25, 0.3) is 0 Å². The standard InChI is InChI=1S/C3H3N2/c1-2-5-3-4/h2H,1H2. The van der Waals surface area contributed by atoms with Gasteiger partial charge in [-0.25, -0.2) is 0 Å². The molecule has 0 heterocycles. The van der Waals surface area contributed by atoms with Crippen molar-refractivity contribution in [3.63, 3.8) is 0 Å². The van der Waals surface area contributed by atoms with Gasteiger partial charge in [-0.05, 0) is 6.92 Å². The zero-order chi connectivity index (χ0) is 4.12. The topological polar surface area (TPSA) is 36.1 Å². The van der Waals surface area contributed by atoms with E-state index < -0.39 is 0 Å². The third-order valence-electron chi connectivity index (χ3n) is 0.149. The van der Waals surface area contributed by atoms with E-state index in [-0.39, 0.29) is 0 Å². The fourth-order valence-corrected chi connectivity index (χ4v) is 0.0408. The van der Waals surface area contributed by atoms with Crippen molar-refractivity contribution in [1.82, 2.24) is 0 Å². The van der Waals surface area contributed by atoms with Crippen LogP contribution in [0, 0.1) is 18.4 Å². The first-order valence-corrected chi connectivity index (χ1v) is 1.11. The molecule has 25 valence electrons. The Morgan fingerprint density at radius 3 is 2.60 bits per heavy atom. The van der Waals surface area contributed by atoms with Gasteiger partial charge in [-0.1, -0.05) is 0 Å². The van der Waals surface area contributed by atoms with Crippen LogP contribution in [0.1, 0.15) is 0 Å². The second-order valence-electron chi connectivity index (χ2n) is 0.412. The van der Waals surface area contributed by atoms with Crippen molar-refractivity contribution in [1.29, 1.82) is 5.26 Å². The van der Waals surface area contributed by atoms with Gasteiger partial charge in [0.1, 0.15) is 0 Å². The molecule has 0 aromatic rings. The number of nitriles is 1. The molecule has 0 aliphatic heterocycles. The number of rotatable bonds is 0. The minimum Gasteiger partial charge on any atom is -0.186 e. The highest BCUT2D eigenvalue weighted by Gasteiger charge is 1.45. The van der Waals surface area contributed by atoms with Crippen molar-refractivity contribution in [2.24, 2.45) is 4.99 Å². The Balaban J connectivity index is 3.04. The Bertz CT molecular complexity index is 67.5. The second-order valence-corrected chi connectivity index (χ2v) is 0.412. The third kappa shape index (κ3) is 3.16. The van der Waals surface area contributed by atoms with Crippen molar-refractivity contribution in [2.45, 2.75) is 0 Å². The summed E-state index contributed by atoms with van der Waals surface area (Å²) in [6, 6.07) is 0. The first kappa shape index (κ1) is 4.16. The van der Waals surface area contributed by atoms with E-state index in [4.69, 9.17) is 5.26 Å². The van der Waals surface area contributed by atoms with Gasteiger partial charge in [-0.3, -0.25) is 0 Å². The molecular formula is C3H3N2. The molecule has 0 aromatic heterocycles. The summed E-state index contributed by atoms with van der Waals surface area (Å²) in [5.41, 5.74) is 0. The number of hydrogen-bond acceptors (Lipinski definition) is 2. The van der Waals surface area contributed by atoms with Crippen molar-refractivity contribution in [3.05, 3.63) is 6.92 Å². The summed E-state index contributed by atoms with van der Waals surface area (Å²) in [5.74, 6) is 0. The van der Waals surface area contributed by atoms with Crippen molar-refractivity contribution in [2.75, 3.05) is 0 Å². The van der Waals surface area contributed by atoms with Gasteiger partial charge in [0.2, 0.25) is 6.19 Å². The molecule has 2 nitrogen and oxygen atoms in total. The molecule has 0 fully saturated rings. The molecule has 0 unspecified atom stereocenters. The lowest BCUT2D eigenvalue weighted by molar-refractivity contribution is 1.45. The molecule has 0 N–H and O–H groups in total. The zero-order valence-electron chi connectivity index (χ0n) is 2.68. The minimum atomic E-state index is 1.19. The lowest BCUT2D eigenvalue weighted by Crippen LogP contribution is -1.48. The molecule has 0 saturated heterocycles. The quantitative estimate of drug-likeness (QED) is 0.298. The highest BCUT2D eigenvalue weighted by Crippen LogP contribution is 1.47. The SMILES string of the molecule is [CH2]C=NC#N. The van der Waals surface area contributed by atoms with Crippen LogP contribution in [0.2, 0.25) is 0 Å². The Labute approximate surface area is 30.8 Å². The summed E-state index contributed by atoms with van der Waals surface area (Å²) in [6.07, 6.45) is 2.72. The Morgan fingerprint density at radius 2 is 2.60 bits per heavy atom. The van der Waals surface area contributed by atoms with Gasteiger partial charge in [-0.15, -0.1) is 0 Å². The van der Waals surface area contributed by atoms with Crippen molar-refractivity contribution < 1.29 is 0 Å². The highest BCUT2D eigenvalue weighted by molar-refractivity contribution is 5.62. The summed E-state index contributed by atoms with van der Waals surface area (Å²) in [7, 11) is 0. The average molecular weight is 67.1 g/mol. The molecule has 0 spiro atoms. The minimum absolute atomic E-state index is 1.19. The normalized spacial score (nSPS) is 8.00. The molecule has 0 aromatic carbocycles. The molecule has 0 aliphatic carbocycles. The lowest BCUT2D eigenvalue weighted by atomic mass is 10.9. The predicted octanol–water partition coefficient (Wildman–Crippen LogP) is 0.372. The van der Waals surface area contributed by atoms with Gasteiger partial charge < -0.3 is 0 Å². The fraction of sp³-hybridized carbons (Fsp3) is 0. The Kier molecular flexibility index (Phi) is 2.63. The van der Waals surface area contributed by atoms with E-state index in [1.54, 1.807) is 0 Å². The molecule has 0 rings (SSSR count). The smallest absolute Gasteiger partial charge is 0.186 e. The summed E-state index contributed by atoms with van der Waals surface area (Å²) in [6.45, 7) is 3.16. The van der Waals surface area contributed by atoms with Crippen LogP contribution < -0.4 is 0 Å². The van der Waals surface area contributed by atoms with Gasteiger partial charge in [0, 0.05) is 6.21 Å². The maximum Gasteiger partial charge on any atom is 0.205 e. The van der Waals surface area contributed by atoms with Gasteiger partial charge >= 0.3 is 0 Å². The largest absolute Gasteiger partial charge is 0.205 e. The monoisotopic (exact) mass is 67.0 g/mol. The van der Waals surface area contributed by atoms with Crippen LogP contribution in [0.3, 0.4) is 0 Å². The van der Waals surface area contributed by atoms with Crippen LogP contribution in [-0.4, -0.2) is 6.21 Å². The van der Waals surface area contributed by atoms with Crippen LogP contribution in [0.15, 0.2) is 4.99 Å².